The van der Waals surface area contributed by atoms with Crippen LogP contribution in [0.4, 0.5) is 13.2 Å². The van der Waals surface area contributed by atoms with Crippen LogP contribution in [0.5, 0.6) is 11.5 Å². The number of para-hydroxylation sites is 1. The van der Waals surface area contributed by atoms with E-state index in [2.05, 4.69) is 14.9 Å². The van der Waals surface area contributed by atoms with E-state index in [1.807, 2.05) is 25.1 Å². The Bertz CT molecular complexity index is 1190. The van der Waals surface area contributed by atoms with Gasteiger partial charge in [0.1, 0.15) is 5.82 Å². The molecule has 0 saturated carbocycles. The standard InChI is InChI=1S/C24H24F3N3O3/c1-3-33-21-16(5-4-6-20(21)32-2)13-30-12-11-19-18(14-30)23(31)29-22(28-19)15-7-9-17(10-8-15)24(25,26)27/h4-10H,3,11-14H2,1-2H3,(H,28,29,31). The Labute approximate surface area is 189 Å². The highest BCUT2D eigenvalue weighted by Gasteiger charge is 2.30. The summed E-state index contributed by atoms with van der Waals surface area (Å²) in [4.78, 5) is 22.2. The third kappa shape index (κ3) is 4.88. The van der Waals surface area contributed by atoms with Gasteiger partial charge in [0, 0.05) is 37.2 Å². The van der Waals surface area contributed by atoms with Gasteiger partial charge in [-0.15, -0.1) is 0 Å². The number of H-pyrrole nitrogens is 1. The van der Waals surface area contributed by atoms with E-state index >= 15 is 0 Å². The van der Waals surface area contributed by atoms with E-state index in [4.69, 9.17) is 9.47 Å². The molecule has 0 atom stereocenters. The Kier molecular flexibility index (Phi) is 6.42. The van der Waals surface area contributed by atoms with E-state index in [1.165, 1.54) is 12.1 Å². The third-order valence-electron chi connectivity index (χ3n) is 5.60. The number of halogens is 3. The molecule has 33 heavy (non-hydrogen) atoms. The molecule has 174 valence electrons. The molecule has 0 fully saturated rings. The van der Waals surface area contributed by atoms with Crippen molar-refractivity contribution in [1.29, 1.82) is 0 Å². The summed E-state index contributed by atoms with van der Waals surface area (Å²) < 4.78 is 49.7. The number of aromatic nitrogens is 2. The molecule has 3 aromatic rings. The minimum absolute atomic E-state index is 0.271. The van der Waals surface area contributed by atoms with Gasteiger partial charge in [-0.25, -0.2) is 4.98 Å². The summed E-state index contributed by atoms with van der Waals surface area (Å²) in [5.74, 6) is 1.62. The molecule has 0 amide bonds. The monoisotopic (exact) mass is 459 g/mol. The van der Waals surface area contributed by atoms with Crippen LogP contribution in [0.1, 0.15) is 29.3 Å². The highest BCUT2D eigenvalue weighted by Crippen LogP contribution is 2.33. The molecule has 9 heteroatoms. The van der Waals surface area contributed by atoms with Crippen molar-refractivity contribution in [3.8, 4) is 22.9 Å². The summed E-state index contributed by atoms with van der Waals surface area (Å²) in [6.07, 6.45) is -3.86. The normalized spacial score (nSPS) is 14.1. The lowest BCUT2D eigenvalue weighted by Crippen LogP contribution is -2.35. The Morgan fingerprint density at radius 2 is 1.91 bits per heavy atom. The van der Waals surface area contributed by atoms with Gasteiger partial charge in [-0.3, -0.25) is 9.69 Å². The van der Waals surface area contributed by atoms with Crippen LogP contribution >= 0.6 is 0 Å². The molecule has 1 aliphatic heterocycles. The summed E-state index contributed by atoms with van der Waals surface area (Å²) in [7, 11) is 1.60. The van der Waals surface area contributed by atoms with Gasteiger partial charge in [-0.1, -0.05) is 24.3 Å². The van der Waals surface area contributed by atoms with Gasteiger partial charge in [0.15, 0.2) is 11.5 Å². The van der Waals surface area contributed by atoms with Crippen LogP contribution in [-0.4, -0.2) is 35.1 Å². The molecule has 0 aliphatic carbocycles. The summed E-state index contributed by atoms with van der Waals surface area (Å²) in [5.41, 5.74) is 1.60. The summed E-state index contributed by atoms with van der Waals surface area (Å²) >= 11 is 0. The minimum atomic E-state index is -4.41. The molecule has 0 unspecified atom stereocenters. The van der Waals surface area contributed by atoms with Gasteiger partial charge in [0.2, 0.25) is 0 Å². The van der Waals surface area contributed by atoms with Crippen molar-refractivity contribution in [2.75, 3.05) is 20.3 Å². The summed E-state index contributed by atoms with van der Waals surface area (Å²) in [6.45, 7) is 4.08. The number of fused-ring (bicyclic) bond motifs is 1. The molecule has 1 aliphatic rings. The summed E-state index contributed by atoms with van der Waals surface area (Å²) in [6, 6.07) is 10.3. The highest BCUT2D eigenvalue weighted by molar-refractivity contribution is 5.56. The number of nitrogens with one attached hydrogen (secondary N) is 1. The van der Waals surface area contributed by atoms with Gasteiger partial charge in [0.05, 0.1) is 30.5 Å². The van der Waals surface area contributed by atoms with Crippen LogP contribution in [0.2, 0.25) is 0 Å². The van der Waals surface area contributed by atoms with Gasteiger partial charge in [0.25, 0.3) is 5.56 Å². The number of nitrogens with zero attached hydrogens (tertiary/aromatic N) is 2. The molecule has 0 radical (unpaired) electrons. The van der Waals surface area contributed by atoms with Crippen LogP contribution in [0.25, 0.3) is 11.4 Å². The quantitative estimate of drug-likeness (QED) is 0.591. The van der Waals surface area contributed by atoms with Crippen molar-refractivity contribution in [2.24, 2.45) is 0 Å². The second kappa shape index (κ2) is 9.27. The molecular weight excluding hydrogens is 435 g/mol. The number of methoxy groups -OCH3 is 1. The van der Waals surface area contributed by atoms with Crippen LogP contribution in [-0.2, 0) is 25.7 Å². The minimum Gasteiger partial charge on any atom is -0.493 e. The van der Waals surface area contributed by atoms with Gasteiger partial charge >= 0.3 is 6.18 Å². The van der Waals surface area contributed by atoms with Crippen molar-refractivity contribution in [1.82, 2.24) is 14.9 Å². The first-order valence-corrected chi connectivity index (χ1v) is 10.6. The van der Waals surface area contributed by atoms with Crippen molar-refractivity contribution in [3.63, 3.8) is 0 Å². The van der Waals surface area contributed by atoms with E-state index in [1.54, 1.807) is 7.11 Å². The molecule has 2 heterocycles. The van der Waals surface area contributed by atoms with Gasteiger partial charge in [-0.05, 0) is 25.1 Å². The number of hydrogen-bond donors (Lipinski definition) is 1. The SMILES string of the molecule is CCOc1c(CN2CCc3nc(-c4ccc(C(F)(F)F)cc4)[nH]c(=O)c3C2)cccc1OC. The molecule has 0 saturated heterocycles. The molecular formula is C24H24F3N3O3. The maximum Gasteiger partial charge on any atom is 0.416 e. The van der Waals surface area contributed by atoms with Gasteiger partial charge < -0.3 is 14.5 Å². The second-order valence-electron chi connectivity index (χ2n) is 7.76. The number of benzene rings is 2. The van der Waals surface area contributed by atoms with E-state index < -0.39 is 11.7 Å². The molecule has 1 aromatic heterocycles. The van der Waals surface area contributed by atoms with Crippen molar-refractivity contribution >= 4 is 0 Å². The Morgan fingerprint density at radius 3 is 2.58 bits per heavy atom. The molecule has 6 nitrogen and oxygen atoms in total. The fraction of sp³-hybridized carbons (Fsp3) is 0.333. The van der Waals surface area contributed by atoms with Crippen molar-refractivity contribution < 1.29 is 22.6 Å². The van der Waals surface area contributed by atoms with Crippen LogP contribution in [0.3, 0.4) is 0 Å². The molecule has 2 aromatic carbocycles. The van der Waals surface area contributed by atoms with E-state index in [9.17, 15) is 18.0 Å². The molecule has 0 spiro atoms. The highest BCUT2D eigenvalue weighted by atomic mass is 19.4. The van der Waals surface area contributed by atoms with Crippen molar-refractivity contribution in [2.45, 2.75) is 32.6 Å². The van der Waals surface area contributed by atoms with E-state index in [0.717, 1.165) is 17.7 Å². The third-order valence-corrected chi connectivity index (χ3v) is 5.60. The molecule has 1 N–H and O–H groups in total. The first kappa shape index (κ1) is 22.8. The molecule has 0 bridgehead atoms. The first-order valence-electron chi connectivity index (χ1n) is 10.6. The lowest BCUT2D eigenvalue weighted by atomic mass is 10.0. The molecule has 4 rings (SSSR count). The van der Waals surface area contributed by atoms with Crippen LogP contribution < -0.4 is 15.0 Å². The zero-order valence-corrected chi connectivity index (χ0v) is 18.3. The zero-order chi connectivity index (χ0) is 23.6. The fourth-order valence-electron chi connectivity index (χ4n) is 3.97. The fourth-order valence-corrected chi connectivity index (χ4v) is 3.97. The van der Waals surface area contributed by atoms with Crippen LogP contribution in [0, 0.1) is 0 Å². The van der Waals surface area contributed by atoms with E-state index in [-0.39, 0.29) is 11.4 Å². The summed E-state index contributed by atoms with van der Waals surface area (Å²) in [5, 5.41) is 0. The number of hydrogen-bond acceptors (Lipinski definition) is 5. The average Bonchev–Trinajstić information content (AvgIpc) is 2.80. The van der Waals surface area contributed by atoms with E-state index in [0.29, 0.717) is 61.0 Å². The maximum atomic E-state index is 12.8. The largest absolute Gasteiger partial charge is 0.493 e. The topological polar surface area (TPSA) is 67.5 Å². The average molecular weight is 459 g/mol. The number of ether oxygens (including phenoxy) is 2. The maximum absolute atomic E-state index is 12.8. The predicted octanol–water partition coefficient (Wildman–Crippen LogP) is 4.42. The lowest BCUT2D eigenvalue weighted by molar-refractivity contribution is -0.137. The Morgan fingerprint density at radius 1 is 1.15 bits per heavy atom. The number of rotatable bonds is 6. The lowest BCUT2D eigenvalue weighted by Gasteiger charge is -2.28. The second-order valence-corrected chi connectivity index (χ2v) is 7.76. The predicted molar refractivity (Wildman–Crippen MR) is 117 cm³/mol. The van der Waals surface area contributed by atoms with Gasteiger partial charge in [-0.2, -0.15) is 13.2 Å². The smallest absolute Gasteiger partial charge is 0.416 e. The number of alkyl halides is 3. The van der Waals surface area contributed by atoms with Crippen LogP contribution in [0.15, 0.2) is 47.3 Å². The Balaban J connectivity index is 1.56. The first-order chi connectivity index (χ1) is 15.8. The zero-order valence-electron chi connectivity index (χ0n) is 18.3. The van der Waals surface area contributed by atoms with Crippen molar-refractivity contribution in [3.05, 3.63) is 75.2 Å². The Hall–Kier alpha value is -3.33. The number of aromatic amines is 1.